The van der Waals surface area contributed by atoms with Crippen LogP contribution >= 0.6 is 24.0 Å². The Morgan fingerprint density at radius 2 is 1.94 bits per heavy atom. The summed E-state index contributed by atoms with van der Waals surface area (Å²) in [5.41, 5.74) is 0.557. The molecule has 1 aliphatic rings. The lowest BCUT2D eigenvalue weighted by molar-refractivity contribution is -0.128. The van der Waals surface area contributed by atoms with E-state index in [1.54, 1.807) is 24.3 Å². The normalized spacial score (nSPS) is 16.9. The van der Waals surface area contributed by atoms with Gasteiger partial charge >= 0.3 is 6.61 Å². The molecule has 1 saturated heterocycles. The van der Waals surface area contributed by atoms with Crippen LogP contribution in [0.5, 0.6) is 5.75 Å². The predicted octanol–water partition coefficient (Wildman–Crippen LogP) is 3.59. The molecular weight excluding hydrogens is 531 g/mol. The van der Waals surface area contributed by atoms with Gasteiger partial charge in [0.05, 0.1) is 6.54 Å². The second-order valence-electron chi connectivity index (χ2n) is 8.57. The van der Waals surface area contributed by atoms with Gasteiger partial charge in [-0.25, -0.2) is 0 Å². The van der Waals surface area contributed by atoms with Crippen molar-refractivity contribution in [1.82, 2.24) is 16.0 Å². The highest BCUT2D eigenvalue weighted by Crippen LogP contribution is 2.23. The third kappa shape index (κ3) is 9.74. The number of alkyl halides is 2. The molecule has 1 unspecified atom stereocenters. The first-order valence-corrected chi connectivity index (χ1v) is 10.8. The van der Waals surface area contributed by atoms with Crippen molar-refractivity contribution in [2.24, 2.45) is 10.4 Å². The van der Waals surface area contributed by atoms with E-state index in [0.29, 0.717) is 13.1 Å². The molecule has 1 aromatic carbocycles. The largest absolute Gasteiger partial charge is 0.435 e. The molecular formula is C22H36F2IN5O2. The molecule has 1 heterocycles. The highest BCUT2D eigenvalue weighted by Gasteiger charge is 2.22. The first kappa shape index (κ1) is 28.2. The van der Waals surface area contributed by atoms with Crippen molar-refractivity contribution >= 4 is 41.5 Å². The minimum atomic E-state index is -2.82. The highest BCUT2D eigenvalue weighted by molar-refractivity contribution is 14.0. The number of amides is 1. The number of anilines is 1. The third-order valence-corrected chi connectivity index (χ3v) is 4.88. The number of piperidine rings is 1. The maximum absolute atomic E-state index is 12.3. The van der Waals surface area contributed by atoms with Gasteiger partial charge in [0, 0.05) is 43.3 Å². The van der Waals surface area contributed by atoms with Crippen molar-refractivity contribution in [3.8, 4) is 5.75 Å². The SMILES string of the molecule is CCNC(=NCCNC(=O)C(C)(C)C)NC1CCCN(c2ccc(OC(F)F)cc2)C1.I. The topological polar surface area (TPSA) is 78.0 Å². The predicted molar refractivity (Wildman–Crippen MR) is 135 cm³/mol. The van der Waals surface area contributed by atoms with E-state index in [1.807, 2.05) is 27.7 Å². The number of hydrogen-bond acceptors (Lipinski definition) is 4. The van der Waals surface area contributed by atoms with Gasteiger partial charge in [0.25, 0.3) is 0 Å². The molecule has 0 spiro atoms. The average molecular weight is 567 g/mol. The minimum absolute atomic E-state index is 0. The molecule has 2 rings (SSSR count). The first-order chi connectivity index (χ1) is 14.7. The molecule has 0 aromatic heterocycles. The van der Waals surface area contributed by atoms with Gasteiger partial charge in [0.2, 0.25) is 5.91 Å². The molecule has 1 aromatic rings. The number of ether oxygens (including phenoxy) is 1. The number of benzene rings is 1. The van der Waals surface area contributed by atoms with Gasteiger partial charge in [-0.1, -0.05) is 20.8 Å². The lowest BCUT2D eigenvalue weighted by atomic mass is 9.96. The molecule has 182 valence electrons. The van der Waals surface area contributed by atoms with Crippen LogP contribution in [-0.2, 0) is 4.79 Å². The van der Waals surface area contributed by atoms with E-state index in [2.05, 4.69) is 30.6 Å². The van der Waals surface area contributed by atoms with E-state index in [9.17, 15) is 13.6 Å². The fraction of sp³-hybridized carbons (Fsp3) is 0.636. The number of guanidine groups is 1. The summed E-state index contributed by atoms with van der Waals surface area (Å²) in [4.78, 5) is 18.7. The van der Waals surface area contributed by atoms with Crippen LogP contribution in [0.1, 0.15) is 40.5 Å². The van der Waals surface area contributed by atoms with Gasteiger partial charge < -0.3 is 25.6 Å². The Bertz CT molecular complexity index is 726. The van der Waals surface area contributed by atoms with E-state index in [1.165, 1.54) is 0 Å². The second kappa shape index (κ2) is 13.6. The molecule has 1 aliphatic heterocycles. The Hall–Kier alpha value is -1.85. The van der Waals surface area contributed by atoms with Crippen molar-refractivity contribution in [2.45, 2.75) is 53.2 Å². The van der Waals surface area contributed by atoms with Crippen molar-refractivity contribution in [3.05, 3.63) is 24.3 Å². The number of rotatable bonds is 8. The van der Waals surface area contributed by atoms with Crippen molar-refractivity contribution in [3.63, 3.8) is 0 Å². The summed E-state index contributed by atoms with van der Waals surface area (Å²) in [5.74, 6) is 0.888. The lowest BCUT2D eigenvalue weighted by Gasteiger charge is -2.35. The Morgan fingerprint density at radius 3 is 2.53 bits per heavy atom. The van der Waals surface area contributed by atoms with Crippen molar-refractivity contribution in [2.75, 3.05) is 37.6 Å². The van der Waals surface area contributed by atoms with Crippen LogP contribution < -0.4 is 25.6 Å². The Labute approximate surface area is 206 Å². The summed E-state index contributed by atoms with van der Waals surface area (Å²) < 4.78 is 29.1. The summed E-state index contributed by atoms with van der Waals surface area (Å²) in [5, 5.41) is 9.62. The molecule has 10 heteroatoms. The van der Waals surface area contributed by atoms with Gasteiger partial charge in [-0.05, 0) is 44.0 Å². The van der Waals surface area contributed by atoms with E-state index in [4.69, 9.17) is 0 Å². The third-order valence-electron chi connectivity index (χ3n) is 4.88. The zero-order valence-electron chi connectivity index (χ0n) is 19.3. The number of carbonyl (C=O) groups is 1. The summed E-state index contributed by atoms with van der Waals surface area (Å²) in [6.07, 6.45) is 2.02. The van der Waals surface area contributed by atoms with Crippen LogP contribution in [0.25, 0.3) is 0 Å². The monoisotopic (exact) mass is 567 g/mol. The molecule has 1 atom stereocenters. The lowest BCUT2D eigenvalue weighted by Crippen LogP contribution is -2.51. The smallest absolute Gasteiger partial charge is 0.387 e. The quantitative estimate of drug-likeness (QED) is 0.194. The van der Waals surface area contributed by atoms with E-state index in [0.717, 1.165) is 44.1 Å². The Balaban J connectivity index is 0.00000512. The summed E-state index contributed by atoms with van der Waals surface area (Å²) >= 11 is 0. The van der Waals surface area contributed by atoms with E-state index >= 15 is 0 Å². The Kier molecular flexibility index (Phi) is 12.0. The fourth-order valence-electron chi connectivity index (χ4n) is 3.28. The molecule has 32 heavy (non-hydrogen) atoms. The number of nitrogens with one attached hydrogen (secondary N) is 3. The fourth-order valence-corrected chi connectivity index (χ4v) is 3.28. The Morgan fingerprint density at radius 1 is 1.25 bits per heavy atom. The molecule has 0 bridgehead atoms. The molecule has 0 radical (unpaired) electrons. The van der Waals surface area contributed by atoms with Crippen LogP contribution in [0.3, 0.4) is 0 Å². The van der Waals surface area contributed by atoms with Gasteiger partial charge in [0.1, 0.15) is 5.75 Å². The van der Waals surface area contributed by atoms with Gasteiger partial charge in [-0.2, -0.15) is 8.78 Å². The van der Waals surface area contributed by atoms with Gasteiger partial charge in [0.15, 0.2) is 5.96 Å². The molecule has 1 amide bonds. The zero-order chi connectivity index (χ0) is 22.9. The van der Waals surface area contributed by atoms with E-state index in [-0.39, 0.29) is 41.7 Å². The number of aliphatic imine (C=N–C) groups is 1. The zero-order valence-corrected chi connectivity index (χ0v) is 21.6. The first-order valence-electron chi connectivity index (χ1n) is 10.8. The number of nitrogens with zero attached hydrogens (tertiary/aromatic N) is 2. The molecule has 3 N–H and O–H groups in total. The number of carbonyl (C=O) groups excluding carboxylic acids is 1. The van der Waals surface area contributed by atoms with Gasteiger partial charge in [-0.3, -0.25) is 9.79 Å². The second-order valence-corrected chi connectivity index (χ2v) is 8.57. The molecule has 0 saturated carbocycles. The minimum Gasteiger partial charge on any atom is -0.435 e. The molecule has 1 fully saturated rings. The highest BCUT2D eigenvalue weighted by atomic mass is 127. The average Bonchev–Trinajstić information content (AvgIpc) is 2.70. The van der Waals surface area contributed by atoms with Crippen molar-refractivity contribution < 1.29 is 18.3 Å². The summed E-state index contributed by atoms with van der Waals surface area (Å²) in [6, 6.07) is 6.94. The van der Waals surface area contributed by atoms with Crippen LogP contribution in [0.4, 0.5) is 14.5 Å². The maximum atomic E-state index is 12.3. The standard InChI is InChI=1S/C22H35F2N5O2.HI/c1-5-25-21(27-13-12-26-19(30)22(2,3)4)28-16-7-6-14-29(15-16)17-8-10-18(11-9-17)31-20(23)24;/h8-11,16,20H,5-7,12-15H2,1-4H3,(H,26,30)(H2,25,27,28);1H. The van der Waals surface area contributed by atoms with Gasteiger partial charge in [-0.15, -0.1) is 24.0 Å². The summed E-state index contributed by atoms with van der Waals surface area (Å²) in [7, 11) is 0. The van der Waals surface area contributed by atoms with Crippen LogP contribution in [0, 0.1) is 5.41 Å². The van der Waals surface area contributed by atoms with Crippen LogP contribution in [0.15, 0.2) is 29.3 Å². The van der Waals surface area contributed by atoms with Crippen LogP contribution in [-0.4, -0.2) is 57.2 Å². The van der Waals surface area contributed by atoms with E-state index < -0.39 is 12.0 Å². The van der Waals surface area contributed by atoms with Crippen molar-refractivity contribution in [1.29, 1.82) is 0 Å². The maximum Gasteiger partial charge on any atom is 0.387 e. The van der Waals surface area contributed by atoms with Crippen LogP contribution in [0.2, 0.25) is 0 Å². The molecule has 0 aliphatic carbocycles. The summed E-state index contributed by atoms with van der Waals surface area (Å²) in [6.45, 7) is 8.22. The number of halogens is 3. The number of hydrogen-bond donors (Lipinski definition) is 3. The molecule has 7 nitrogen and oxygen atoms in total.